The van der Waals surface area contributed by atoms with E-state index in [1.165, 1.54) is 0 Å². The van der Waals surface area contributed by atoms with Crippen LogP contribution < -0.4 is 5.73 Å². The van der Waals surface area contributed by atoms with E-state index in [1.54, 1.807) is 6.07 Å². The van der Waals surface area contributed by atoms with Crippen LogP contribution in [0.2, 0.25) is 0 Å². The fourth-order valence-corrected chi connectivity index (χ4v) is 2.00. The molecule has 2 N–H and O–H groups in total. The average molecular weight is 278 g/mol. The van der Waals surface area contributed by atoms with Gasteiger partial charge in [-0.3, -0.25) is 4.79 Å². The molecule has 0 aliphatic heterocycles. The summed E-state index contributed by atoms with van der Waals surface area (Å²) in [7, 11) is 4.02. The van der Waals surface area contributed by atoms with Crippen LogP contribution in [0.4, 0.5) is 5.82 Å². The highest BCUT2D eigenvalue weighted by Crippen LogP contribution is 2.12. The largest absolute Gasteiger partial charge is 0.384 e. The first-order valence-corrected chi connectivity index (χ1v) is 7.18. The molecule has 0 aromatic carbocycles. The molecule has 1 rings (SSSR count). The van der Waals surface area contributed by atoms with E-state index in [0.717, 1.165) is 38.2 Å². The fourth-order valence-electron chi connectivity index (χ4n) is 2.00. The summed E-state index contributed by atoms with van der Waals surface area (Å²) in [5, 5.41) is 0. The van der Waals surface area contributed by atoms with E-state index >= 15 is 0 Å². The van der Waals surface area contributed by atoms with Crippen LogP contribution in [0.3, 0.4) is 0 Å². The van der Waals surface area contributed by atoms with Crippen molar-refractivity contribution in [2.45, 2.75) is 26.7 Å². The predicted octanol–water partition coefficient (Wildman–Crippen LogP) is 1.64. The quantitative estimate of drug-likeness (QED) is 0.823. The second kappa shape index (κ2) is 7.85. The van der Waals surface area contributed by atoms with Crippen molar-refractivity contribution in [3.05, 3.63) is 23.4 Å². The van der Waals surface area contributed by atoms with Crippen molar-refractivity contribution < 1.29 is 4.79 Å². The molecule has 5 heteroatoms. The van der Waals surface area contributed by atoms with Gasteiger partial charge in [0.1, 0.15) is 5.82 Å². The second-order valence-electron chi connectivity index (χ2n) is 5.22. The molecule has 0 fully saturated rings. The highest BCUT2D eigenvalue weighted by Gasteiger charge is 2.16. The van der Waals surface area contributed by atoms with Gasteiger partial charge in [-0.05, 0) is 39.1 Å². The van der Waals surface area contributed by atoms with Crippen molar-refractivity contribution in [3.63, 3.8) is 0 Å². The third-order valence-electron chi connectivity index (χ3n) is 3.11. The monoisotopic (exact) mass is 278 g/mol. The Morgan fingerprint density at radius 2 is 1.90 bits per heavy atom. The minimum atomic E-state index is 0.0394. The SMILES string of the molecule is CCCN(CCN(C)C)C(=O)c1cc(N)nc(CC)c1. The molecule has 112 valence electrons. The lowest BCUT2D eigenvalue weighted by Crippen LogP contribution is -2.37. The molecule has 0 aliphatic carbocycles. The number of hydrogen-bond donors (Lipinski definition) is 1. The summed E-state index contributed by atoms with van der Waals surface area (Å²) in [6.45, 7) is 6.42. The van der Waals surface area contributed by atoms with Crippen LogP contribution in [-0.2, 0) is 6.42 Å². The maximum Gasteiger partial charge on any atom is 0.254 e. The Hall–Kier alpha value is -1.62. The lowest BCUT2D eigenvalue weighted by molar-refractivity contribution is 0.0745. The zero-order chi connectivity index (χ0) is 15.1. The molecule has 1 amide bonds. The van der Waals surface area contributed by atoms with Gasteiger partial charge in [0.05, 0.1) is 0 Å². The fraction of sp³-hybridized carbons (Fsp3) is 0.600. The topological polar surface area (TPSA) is 62.5 Å². The summed E-state index contributed by atoms with van der Waals surface area (Å²) in [4.78, 5) is 20.8. The molecular formula is C15H26N4O. The van der Waals surface area contributed by atoms with Gasteiger partial charge in [0.15, 0.2) is 0 Å². The van der Waals surface area contributed by atoms with Crippen molar-refractivity contribution in [2.75, 3.05) is 39.5 Å². The van der Waals surface area contributed by atoms with Gasteiger partial charge in [-0.1, -0.05) is 13.8 Å². The summed E-state index contributed by atoms with van der Waals surface area (Å²) in [5.41, 5.74) is 7.28. The Morgan fingerprint density at radius 3 is 2.45 bits per heavy atom. The first-order valence-electron chi connectivity index (χ1n) is 7.18. The Morgan fingerprint density at radius 1 is 1.20 bits per heavy atom. The second-order valence-corrected chi connectivity index (χ2v) is 5.22. The smallest absolute Gasteiger partial charge is 0.254 e. The van der Waals surface area contributed by atoms with Crippen molar-refractivity contribution in [1.29, 1.82) is 0 Å². The highest BCUT2D eigenvalue weighted by atomic mass is 16.2. The molecule has 1 aromatic heterocycles. The number of carbonyl (C=O) groups excluding carboxylic acids is 1. The normalized spacial score (nSPS) is 10.8. The molecule has 0 unspecified atom stereocenters. The van der Waals surface area contributed by atoms with Gasteiger partial charge < -0.3 is 15.5 Å². The maximum atomic E-state index is 12.6. The molecule has 0 bridgehead atoms. The highest BCUT2D eigenvalue weighted by molar-refractivity contribution is 5.95. The van der Waals surface area contributed by atoms with Gasteiger partial charge in [-0.2, -0.15) is 0 Å². The maximum absolute atomic E-state index is 12.6. The summed E-state index contributed by atoms with van der Waals surface area (Å²) < 4.78 is 0. The van der Waals surface area contributed by atoms with E-state index in [9.17, 15) is 4.79 Å². The number of amides is 1. The van der Waals surface area contributed by atoms with Crippen LogP contribution in [-0.4, -0.2) is 54.4 Å². The summed E-state index contributed by atoms with van der Waals surface area (Å²) in [6.07, 6.45) is 1.72. The Bertz CT molecular complexity index is 445. The zero-order valence-electron chi connectivity index (χ0n) is 13.0. The number of nitrogens with two attached hydrogens (primary N) is 1. The van der Waals surface area contributed by atoms with Gasteiger partial charge in [-0.15, -0.1) is 0 Å². The number of likely N-dealkylation sites (N-methyl/N-ethyl adjacent to an activating group) is 1. The molecule has 0 saturated carbocycles. The number of hydrogen-bond acceptors (Lipinski definition) is 4. The summed E-state index contributed by atoms with van der Waals surface area (Å²) in [5.74, 6) is 0.453. The number of carbonyl (C=O) groups is 1. The third-order valence-corrected chi connectivity index (χ3v) is 3.11. The third kappa shape index (κ3) is 4.81. The Labute approximate surface area is 121 Å². The molecule has 5 nitrogen and oxygen atoms in total. The zero-order valence-corrected chi connectivity index (χ0v) is 13.0. The molecule has 1 aromatic rings. The molecule has 0 saturated heterocycles. The van der Waals surface area contributed by atoms with Crippen LogP contribution in [0.15, 0.2) is 12.1 Å². The van der Waals surface area contributed by atoms with Crippen LogP contribution in [0, 0.1) is 0 Å². The van der Waals surface area contributed by atoms with Gasteiger partial charge >= 0.3 is 0 Å². The summed E-state index contributed by atoms with van der Waals surface area (Å²) >= 11 is 0. The number of rotatable bonds is 7. The summed E-state index contributed by atoms with van der Waals surface area (Å²) in [6, 6.07) is 3.51. The van der Waals surface area contributed by atoms with E-state index in [0.29, 0.717) is 11.4 Å². The molecule has 1 heterocycles. The average Bonchev–Trinajstić information content (AvgIpc) is 2.41. The first kappa shape index (κ1) is 16.4. The molecule has 0 radical (unpaired) electrons. The van der Waals surface area contributed by atoms with Crippen molar-refractivity contribution in [3.8, 4) is 0 Å². The Balaban J connectivity index is 2.90. The minimum absolute atomic E-state index is 0.0394. The van der Waals surface area contributed by atoms with Crippen LogP contribution >= 0.6 is 0 Å². The minimum Gasteiger partial charge on any atom is -0.384 e. The lowest BCUT2D eigenvalue weighted by Gasteiger charge is -2.24. The first-order chi connectivity index (χ1) is 9.47. The van der Waals surface area contributed by atoms with Gasteiger partial charge in [0, 0.05) is 30.9 Å². The number of nitrogen functional groups attached to an aromatic ring is 1. The van der Waals surface area contributed by atoms with Crippen molar-refractivity contribution >= 4 is 11.7 Å². The number of nitrogens with zero attached hydrogens (tertiary/aromatic N) is 3. The van der Waals surface area contributed by atoms with Crippen LogP contribution in [0.5, 0.6) is 0 Å². The number of pyridine rings is 1. The molecule has 20 heavy (non-hydrogen) atoms. The molecule has 0 atom stereocenters. The number of anilines is 1. The van der Waals surface area contributed by atoms with Gasteiger partial charge in [0.2, 0.25) is 0 Å². The van der Waals surface area contributed by atoms with Gasteiger partial charge in [0.25, 0.3) is 5.91 Å². The van der Waals surface area contributed by atoms with E-state index in [2.05, 4.69) is 16.8 Å². The standard InChI is InChI=1S/C15H26N4O/c1-5-7-19(9-8-18(3)4)15(20)12-10-13(6-2)17-14(16)11-12/h10-11H,5-9H2,1-4H3,(H2,16,17). The van der Waals surface area contributed by atoms with E-state index in [1.807, 2.05) is 32.0 Å². The van der Waals surface area contributed by atoms with E-state index in [-0.39, 0.29) is 5.91 Å². The lowest BCUT2D eigenvalue weighted by atomic mass is 10.1. The van der Waals surface area contributed by atoms with Crippen molar-refractivity contribution in [2.24, 2.45) is 0 Å². The van der Waals surface area contributed by atoms with Crippen molar-refractivity contribution in [1.82, 2.24) is 14.8 Å². The predicted molar refractivity (Wildman–Crippen MR) is 82.8 cm³/mol. The molecule has 0 aliphatic rings. The Kier molecular flexibility index (Phi) is 6.45. The number of aromatic nitrogens is 1. The number of aryl methyl sites for hydroxylation is 1. The van der Waals surface area contributed by atoms with E-state index < -0.39 is 0 Å². The molecule has 0 spiro atoms. The van der Waals surface area contributed by atoms with Crippen LogP contribution in [0.1, 0.15) is 36.3 Å². The van der Waals surface area contributed by atoms with Crippen LogP contribution in [0.25, 0.3) is 0 Å². The molecular weight excluding hydrogens is 252 g/mol. The van der Waals surface area contributed by atoms with Gasteiger partial charge in [-0.25, -0.2) is 4.98 Å². The van der Waals surface area contributed by atoms with E-state index in [4.69, 9.17) is 5.73 Å².